The van der Waals surface area contributed by atoms with Crippen LogP contribution in [0.15, 0.2) is 306 Å². The van der Waals surface area contributed by atoms with Crippen molar-refractivity contribution < 1.29 is 79.4 Å². The van der Waals surface area contributed by atoms with Gasteiger partial charge in [0.15, 0.2) is 5.11 Å². The first kappa shape index (κ1) is 99.4. The number of nitrogens with zero attached hydrogens (tertiary/aromatic N) is 11. The van der Waals surface area contributed by atoms with Crippen molar-refractivity contribution in [3.63, 3.8) is 0 Å². The number of hydrogen-bond acceptors (Lipinski definition) is 32. The number of nitrogens with two attached hydrogens (primary N) is 3. The van der Waals surface area contributed by atoms with Crippen LogP contribution in [0.4, 0.5) is 27.5 Å². The van der Waals surface area contributed by atoms with Gasteiger partial charge < -0.3 is 87.8 Å². The molecule has 3 amide bonds. The summed E-state index contributed by atoms with van der Waals surface area (Å²) < 4.78 is 72.3. The van der Waals surface area contributed by atoms with Crippen LogP contribution in [0.3, 0.4) is 0 Å². The van der Waals surface area contributed by atoms with E-state index in [-0.39, 0.29) is 62.7 Å². The number of nitrogens with one attached hydrogen (secondary N) is 2. The van der Waals surface area contributed by atoms with Crippen LogP contribution in [0, 0.1) is 20.2 Å². The molecule has 0 aliphatic heterocycles. The van der Waals surface area contributed by atoms with E-state index in [4.69, 9.17) is 127 Å². The molecule has 43 heteroatoms. The molecule has 2 aliphatic rings. The summed E-state index contributed by atoms with van der Waals surface area (Å²) in [6, 6.07) is 49.2. The van der Waals surface area contributed by atoms with Crippen LogP contribution in [-0.4, -0.2) is 111 Å². The van der Waals surface area contributed by atoms with Crippen molar-refractivity contribution in [2.45, 2.75) is 45.2 Å². The monoisotopic (exact) mass is 1980 g/mol. The van der Waals surface area contributed by atoms with E-state index in [9.17, 15) is 44.2 Å². The zero-order chi connectivity index (χ0) is 97.6. The van der Waals surface area contributed by atoms with Crippen LogP contribution < -0.4 is 82.7 Å². The molecule has 0 unspecified atom stereocenters. The smallest absolute Gasteiger partial charge is 0.496 e. The van der Waals surface area contributed by atoms with Gasteiger partial charge in [-0.25, -0.2) is 24.5 Å². The molecule has 2 aliphatic carbocycles. The Labute approximate surface area is 811 Å². The molecule has 8 N–H and O–H groups in total. The highest BCUT2D eigenvalue weighted by molar-refractivity contribution is 7.80. The highest BCUT2D eigenvalue weighted by Gasteiger charge is 2.26. The molecule has 2 saturated carbocycles. The quantitative estimate of drug-likeness (QED) is 0.0205. The number of anilines is 2. The topological polar surface area (TPSA) is 513 Å². The minimum Gasteiger partial charge on any atom is -0.496 e. The van der Waals surface area contributed by atoms with Crippen LogP contribution in [-0.2, 0) is 0 Å². The molecule has 139 heavy (non-hydrogen) atoms. The van der Waals surface area contributed by atoms with Gasteiger partial charge in [0, 0.05) is 144 Å². The number of nitrogen functional groups attached to an aromatic ring is 1. The number of aromatic nitrogens is 9. The van der Waals surface area contributed by atoms with Crippen LogP contribution in [0.1, 0.15) is 43.5 Å². The molecule has 2 fully saturated rings. The number of thiocarbonyl (C=S) groups is 1. The number of carbonyl (C=O) groups excluding carboxylic acids is 2. The van der Waals surface area contributed by atoms with Gasteiger partial charge in [-0.2, -0.15) is 0 Å². The predicted molar refractivity (Wildman–Crippen MR) is 523 cm³/mol. The van der Waals surface area contributed by atoms with Crippen LogP contribution >= 0.6 is 58.6 Å². The van der Waals surface area contributed by atoms with Crippen molar-refractivity contribution >= 4 is 142 Å². The molecule has 0 saturated heterocycles. The fourth-order valence-electron chi connectivity index (χ4n) is 12.7. The maximum absolute atomic E-state index is 12.0. The third-order valence-corrected chi connectivity index (χ3v) is 21.3. The van der Waals surface area contributed by atoms with Crippen LogP contribution in [0.2, 0.25) is 20.1 Å². The number of nitro benzene ring substituents is 2. The number of urea groups is 1. The van der Waals surface area contributed by atoms with Crippen LogP contribution in [0.5, 0.6) is 69.0 Å². The lowest BCUT2D eigenvalue weighted by Gasteiger charge is -2.13. The Balaban J connectivity index is 0.000000144. The average molecular weight is 1980 g/mol. The third-order valence-electron chi connectivity index (χ3n) is 19.6. The number of fused-ring (bicyclic) bond motifs is 4. The Kier molecular flexibility index (Phi) is 33.0. The van der Waals surface area contributed by atoms with Crippen molar-refractivity contribution in [2.24, 2.45) is 11.5 Å². The minimum absolute atomic E-state index is 0. The summed E-state index contributed by atoms with van der Waals surface area (Å²) in [5, 5.41) is 31.0. The first-order valence-electron chi connectivity index (χ1n) is 40.8. The summed E-state index contributed by atoms with van der Waals surface area (Å²) in [5.41, 5.74) is 21.2. The zero-order valence-corrected chi connectivity index (χ0v) is 76.3. The molecule has 0 spiro atoms. The highest BCUT2D eigenvalue weighted by atomic mass is 35.5. The van der Waals surface area contributed by atoms with E-state index < -0.39 is 21.6 Å². The largest absolute Gasteiger partial charge is 0.518 e. The average Bonchev–Trinajstić information content (AvgIpc) is 1.73. The number of benzene rings is 8. The number of methoxy groups -OCH3 is 4. The summed E-state index contributed by atoms with van der Waals surface area (Å²) in [6.45, 7) is 0. The van der Waals surface area contributed by atoms with E-state index in [1.165, 1.54) is 134 Å². The van der Waals surface area contributed by atoms with E-state index >= 15 is 0 Å². The number of halogens is 4. The highest BCUT2D eigenvalue weighted by Crippen LogP contribution is 2.44. The number of carbonyl (C=O) groups is 2. The van der Waals surface area contributed by atoms with E-state index in [2.05, 4.69) is 54.4 Å². The van der Waals surface area contributed by atoms with E-state index in [1.807, 2.05) is 18.2 Å². The first-order valence-corrected chi connectivity index (χ1v) is 42.7. The van der Waals surface area contributed by atoms with Gasteiger partial charge in [0.05, 0.1) is 123 Å². The summed E-state index contributed by atoms with van der Waals surface area (Å²) in [6.07, 6.45) is 25.6. The lowest BCUT2D eigenvalue weighted by molar-refractivity contribution is -0.384. The lowest BCUT2D eigenvalue weighted by Crippen LogP contribution is -2.35. The number of primary amides is 1. The molecule has 8 aromatic carbocycles. The van der Waals surface area contributed by atoms with Gasteiger partial charge >= 0.3 is 11.9 Å². The van der Waals surface area contributed by atoms with Crippen molar-refractivity contribution in [3.05, 3.63) is 346 Å². The molecule has 0 atom stereocenters. The molecule has 0 bridgehead atoms. The molecule has 18 aromatic rings. The maximum atomic E-state index is 12.0. The fourth-order valence-corrected chi connectivity index (χ4v) is 13.8. The van der Waals surface area contributed by atoms with E-state index in [1.54, 1.807) is 168 Å². The molecular weight excluding hydrogens is 1900 g/mol. The van der Waals surface area contributed by atoms with Gasteiger partial charge in [-0.3, -0.25) is 63.7 Å². The van der Waals surface area contributed by atoms with Gasteiger partial charge in [0.1, 0.15) is 110 Å². The molecule has 10 aromatic heterocycles. The van der Waals surface area contributed by atoms with Gasteiger partial charge in [-0.1, -0.05) is 66.0 Å². The molecule has 38 nitrogen and oxygen atoms in total. The predicted octanol–water partition coefficient (Wildman–Crippen LogP) is 21.2. The van der Waals surface area contributed by atoms with E-state index in [0.29, 0.717) is 158 Å². The second-order valence-electron chi connectivity index (χ2n) is 28.9. The normalized spacial score (nSPS) is 11.5. The SMILES string of the molecule is C.COc1cc2nccc(Oc3ccc(N)c(Cl)c3)c2cc1-c1ncco1.COc1cc2nccc(Oc3ccc(NC(=O)NC4CC4)c(Cl)c3)c2cc1-c1ncco1.COc1cc2nccc(Oc3ccc([N+](=O)[O-])c(Cl)c3)c2cc1-c1ncco1.COc1cc2nccc(Oc3ccc([N+](=O)[O-])c(Cl)c3)c2cc1C(N)=O.NC1CC1.O=c1ccccn1C(=S)n1ccccc1=O.O=c1occo1. The molecular formula is C96H78Cl4N16O22S. The van der Waals surface area contributed by atoms with Gasteiger partial charge in [-0.15, -0.1) is 0 Å². The molecule has 708 valence electrons. The number of amides is 3. The van der Waals surface area contributed by atoms with Crippen molar-refractivity contribution in [1.29, 1.82) is 0 Å². The Hall–Kier alpha value is -17.1. The summed E-state index contributed by atoms with van der Waals surface area (Å²) in [7, 11) is 6.14. The number of hydrogen-bond donors (Lipinski definition) is 5. The lowest BCUT2D eigenvalue weighted by atomic mass is 10.1. The van der Waals surface area contributed by atoms with E-state index in [0.717, 1.165) is 29.1 Å². The third kappa shape index (κ3) is 25.5. The first-order chi connectivity index (χ1) is 66.7. The Morgan fingerprint density at radius 3 is 1.11 bits per heavy atom. The Morgan fingerprint density at radius 2 is 0.799 bits per heavy atom. The minimum atomic E-state index is -0.657. The van der Waals surface area contributed by atoms with Crippen molar-refractivity contribution in [2.75, 3.05) is 39.5 Å². The molecule has 20 rings (SSSR count). The fraction of sp³-hybridized carbons (Fsp3) is 0.115. The van der Waals surface area contributed by atoms with Crippen molar-refractivity contribution in [3.8, 4) is 103 Å². The van der Waals surface area contributed by atoms with Gasteiger partial charge in [-0.05, 0) is 135 Å². The maximum Gasteiger partial charge on any atom is 0.518 e. The second-order valence-corrected chi connectivity index (χ2v) is 30.9. The summed E-state index contributed by atoms with van der Waals surface area (Å²) in [4.78, 5) is 107. The van der Waals surface area contributed by atoms with Crippen LogP contribution in [0.25, 0.3) is 78.0 Å². The van der Waals surface area contributed by atoms with Gasteiger partial charge in [0.25, 0.3) is 28.4 Å². The number of rotatable bonds is 20. The summed E-state index contributed by atoms with van der Waals surface area (Å²) in [5.74, 6) is 5.83. The molecule has 0 radical (unpaired) electrons. The van der Waals surface area contributed by atoms with Crippen molar-refractivity contribution in [1.82, 2.24) is 49.3 Å². The Morgan fingerprint density at radius 1 is 0.439 bits per heavy atom. The van der Waals surface area contributed by atoms with Gasteiger partial charge in [0.2, 0.25) is 17.7 Å². The number of ether oxygens (including phenoxy) is 8. The standard InChI is InChI=1S/C23H19ClN4O4.C19H12ClN3O5.C19H14ClN3O3.C17H12ClN3O5.C11H8N2O2S.C3H7N.C3H2O3.CH4/c1-30-21-12-19-15(11-16(21)22-26-8-9-31-22)20(6-7-25-19)32-14-4-5-18(17(24)10-14)28-23(29)27-13-2-3-13;1-26-18-10-15-12(9-13(18)19-22-6-7-27-19)17(4-5-21-15)28-11-2-3-16(23(24)25)14(20)8-11;1-24-18-10-16-12(9-13(18)19-23-6-7-25-19)17(4-5-22-16)26-11-2-3-15(21)14(20)8-11;1-25-16-8-13-10(7-11(16)17(19)22)15(4-5-20-13)26-9-2-3-14(21(23)24)12(18)6-9;14-9-5-1-3-7-12(9)11(16)13-8-4-2-6-10(13)15;4-3-1-2-3;4-3-5-1-2-6-3;/h4-13H,2-3H2,1H3,(H2,27,28,29);2-10H,1H3;2-10H,21H2,1H3;2-8H,1H3,(H2,19,22);1-8H;3H,1-2,4H2;1-2H;1H4. The summed E-state index contributed by atoms with van der Waals surface area (Å²) >= 11 is 29.4. The molecule has 10 heterocycles. The number of pyridine rings is 6. The number of nitro groups is 2. The zero-order valence-electron chi connectivity index (χ0n) is 72.4. The number of oxazole rings is 3. The second kappa shape index (κ2) is 46.2. The Bertz CT molecular complexity index is 7610.